The van der Waals surface area contributed by atoms with Crippen LogP contribution in [0.1, 0.15) is 26.2 Å². The molecule has 2 saturated heterocycles. The van der Waals surface area contributed by atoms with Gasteiger partial charge in [-0.25, -0.2) is 0 Å². The Bertz CT molecular complexity index is 346. The van der Waals surface area contributed by atoms with Gasteiger partial charge in [0, 0.05) is 13.1 Å². The van der Waals surface area contributed by atoms with Crippen LogP contribution in [0.3, 0.4) is 0 Å². The smallest absolute Gasteiger partial charge is 0.325 e. The summed E-state index contributed by atoms with van der Waals surface area (Å²) in [5.41, 5.74) is 4.43. The van der Waals surface area contributed by atoms with Crippen LogP contribution in [0.2, 0.25) is 0 Å². The van der Waals surface area contributed by atoms with Gasteiger partial charge in [0.2, 0.25) is 0 Å². The van der Waals surface area contributed by atoms with Gasteiger partial charge in [0.1, 0.15) is 11.6 Å². The highest BCUT2D eigenvalue weighted by Crippen LogP contribution is 2.25. The lowest BCUT2D eigenvalue weighted by Crippen LogP contribution is -2.51. The molecule has 0 aliphatic carbocycles. The van der Waals surface area contributed by atoms with Crippen molar-refractivity contribution in [2.24, 2.45) is 5.73 Å². The number of carbonyl (C=O) groups excluding carboxylic acids is 1. The summed E-state index contributed by atoms with van der Waals surface area (Å²) in [5, 5.41) is 8.99. The lowest BCUT2D eigenvalue weighted by molar-refractivity contribution is -0.144. The molecule has 2 heterocycles. The molecule has 0 spiro atoms. The number of likely N-dealkylation sites (tertiary alicyclic amines) is 1. The Morgan fingerprint density at radius 1 is 1.47 bits per heavy atom. The Morgan fingerprint density at radius 3 is 2.65 bits per heavy atom. The third-order valence-corrected chi connectivity index (χ3v) is 3.55. The quantitative estimate of drug-likeness (QED) is 0.685. The van der Waals surface area contributed by atoms with Gasteiger partial charge < -0.3 is 20.5 Å². The van der Waals surface area contributed by atoms with Gasteiger partial charge in [0.15, 0.2) is 0 Å². The van der Waals surface area contributed by atoms with Gasteiger partial charge in [-0.05, 0) is 26.2 Å². The molecule has 0 radical (unpaired) electrons. The summed E-state index contributed by atoms with van der Waals surface area (Å²) in [6.45, 7) is 2.41. The van der Waals surface area contributed by atoms with Gasteiger partial charge >= 0.3 is 5.97 Å². The van der Waals surface area contributed by atoms with E-state index in [0.717, 1.165) is 6.42 Å². The highest BCUT2D eigenvalue weighted by atomic mass is 16.5. The first-order valence-electron chi connectivity index (χ1n) is 5.89. The second-order valence-corrected chi connectivity index (χ2v) is 4.98. The zero-order chi connectivity index (χ0) is 12.6. The number of rotatable bonds is 2. The number of hydrogen-bond donors (Lipinski definition) is 2. The molecule has 3 unspecified atom stereocenters. The molecule has 0 bridgehead atoms. The average Bonchev–Trinajstić information content (AvgIpc) is 2.85. The summed E-state index contributed by atoms with van der Waals surface area (Å²) in [7, 11) is 0. The molecule has 0 aromatic rings. The molecule has 0 saturated carbocycles. The van der Waals surface area contributed by atoms with Crippen LogP contribution in [-0.4, -0.2) is 52.7 Å². The summed E-state index contributed by atoms with van der Waals surface area (Å²) in [6, 6.07) is 0. The lowest BCUT2D eigenvalue weighted by Gasteiger charge is -2.22. The largest absolute Gasteiger partial charge is 0.480 e. The molecule has 6 heteroatoms. The zero-order valence-corrected chi connectivity index (χ0v) is 9.89. The van der Waals surface area contributed by atoms with Crippen molar-refractivity contribution in [3.05, 3.63) is 0 Å². The molecule has 2 aliphatic rings. The molecule has 3 N–H and O–H groups in total. The standard InChI is InChI=1S/C11H18N2O4/c1-7-2-3-8(17-7)9(14)13-5-4-11(12,6-13)10(15)16/h7-8H,2-6,12H2,1H3,(H,15,16). The van der Waals surface area contributed by atoms with Crippen molar-refractivity contribution in [2.75, 3.05) is 13.1 Å². The fourth-order valence-corrected chi connectivity index (χ4v) is 2.38. The second-order valence-electron chi connectivity index (χ2n) is 4.98. The highest BCUT2D eigenvalue weighted by Gasteiger charge is 2.45. The second kappa shape index (κ2) is 4.27. The number of nitrogens with two attached hydrogens (primary N) is 1. The number of amides is 1. The van der Waals surface area contributed by atoms with Crippen LogP contribution in [0.15, 0.2) is 0 Å². The Hall–Kier alpha value is -1.14. The van der Waals surface area contributed by atoms with E-state index in [2.05, 4.69) is 0 Å². The minimum atomic E-state index is -1.29. The summed E-state index contributed by atoms with van der Waals surface area (Å²) < 4.78 is 5.48. The molecular weight excluding hydrogens is 224 g/mol. The van der Waals surface area contributed by atoms with E-state index >= 15 is 0 Å². The Morgan fingerprint density at radius 2 is 2.18 bits per heavy atom. The summed E-state index contributed by atoms with van der Waals surface area (Å²) in [6.07, 6.45) is 1.57. The molecule has 0 aromatic carbocycles. The normalized spacial score (nSPS) is 37.4. The minimum Gasteiger partial charge on any atom is -0.480 e. The highest BCUT2D eigenvalue weighted by molar-refractivity contribution is 5.85. The first-order valence-corrected chi connectivity index (χ1v) is 5.89. The number of nitrogens with zero attached hydrogens (tertiary/aromatic N) is 1. The van der Waals surface area contributed by atoms with Crippen LogP contribution >= 0.6 is 0 Å². The fraction of sp³-hybridized carbons (Fsp3) is 0.818. The summed E-state index contributed by atoms with van der Waals surface area (Å²) in [4.78, 5) is 24.5. The molecule has 0 aromatic heterocycles. The maximum absolute atomic E-state index is 12.1. The Balaban J connectivity index is 1.97. The number of ether oxygens (including phenoxy) is 1. The van der Waals surface area contributed by atoms with Gasteiger partial charge in [0.25, 0.3) is 5.91 Å². The van der Waals surface area contributed by atoms with Gasteiger partial charge in [0.05, 0.1) is 6.10 Å². The molecule has 1 amide bonds. The van der Waals surface area contributed by atoms with Gasteiger partial charge in [-0.3, -0.25) is 9.59 Å². The molecule has 2 aliphatic heterocycles. The topological polar surface area (TPSA) is 92.9 Å². The lowest BCUT2D eigenvalue weighted by atomic mass is 10.0. The summed E-state index contributed by atoms with van der Waals surface area (Å²) in [5.74, 6) is -1.17. The molecular formula is C11H18N2O4. The molecule has 3 atom stereocenters. The van der Waals surface area contributed by atoms with E-state index in [0.29, 0.717) is 19.4 Å². The van der Waals surface area contributed by atoms with E-state index < -0.39 is 17.6 Å². The minimum absolute atomic E-state index is 0.0788. The van der Waals surface area contributed by atoms with Crippen LogP contribution < -0.4 is 5.73 Å². The third-order valence-electron chi connectivity index (χ3n) is 3.55. The fourth-order valence-electron chi connectivity index (χ4n) is 2.38. The first kappa shape index (κ1) is 12.3. The van der Waals surface area contributed by atoms with Gasteiger partial charge in [-0.15, -0.1) is 0 Å². The number of carboxylic acids is 1. The molecule has 96 valence electrons. The van der Waals surface area contributed by atoms with E-state index in [1.165, 1.54) is 4.90 Å². The Labute approximate surface area is 99.7 Å². The van der Waals surface area contributed by atoms with Crippen LogP contribution in [-0.2, 0) is 14.3 Å². The maximum atomic E-state index is 12.1. The average molecular weight is 242 g/mol. The van der Waals surface area contributed by atoms with Crippen LogP contribution in [0.4, 0.5) is 0 Å². The van der Waals surface area contributed by atoms with Crippen LogP contribution in [0.25, 0.3) is 0 Å². The van der Waals surface area contributed by atoms with Gasteiger partial charge in [-0.2, -0.15) is 0 Å². The third kappa shape index (κ3) is 2.28. The summed E-state index contributed by atoms with van der Waals surface area (Å²) >= 11 is 0. The van der Waals surface area contributed by atoms with Crippen LogP contribution in [0.5, 0.6) is 0 Å². The number of aliphatic carboxylic acids is 1. The van der Waals surface area contributed by atoms with Crippen molar-refractivity contribution in [2.45, 2.75) is 43.9 Å². The Kier molecular flexibility index (Phi) is 3.09. The van der Waals surface area contributed by atoms with E-state index in [4.69, 9.17) is 15.6 Å². The van der Waals surface area contributed by atoms with Crippen molar-refractivity contribution in [3.8, 4) is 0 Å². The number of hydrogen-bond acceptors (Lipinski definition) is 4. The van der Waals surface area contributed by atoms with Crippen molar-refractivity contribution in [1.29, 1.82) is 0 Å². The molecule has 2 rings (SSSR count). The number of carbonyl (C=O) groups is 2. The van der Waals surface area contributed by atoms with Gasteiger partial charge in [-0.1, -0.05) is 0 Å². The molecule has 6 nitrogen and oxygen atoms in total. The molecule has 17 heavy (non-hydrogen) atoms. The van der Waals surface area contributed by atoms with E-state index in [9.17, 15) is 9.59 Å². The van der Waals surface area contributed by atoms with E-state index in [1.807, 2.05) is 6.92 Å². The molecule has 2 fully saturated rings. The van der Waals surface area contributed by atoms with Crippen molar-refractivity contribution >= 4 is 11.9 Å². The van der Waals surface area contributed by atoms with Crippen LogP contribution in [0, 0.1) is 0 Å². The van der Waals surface area contributed by atoms with Crippen molar-refractivity contribution in [1.82, 2.24) is 4.90 Å². The predicted octanol–water partition coefficient (Wildman–Crippen LogP) is -0.432. The predicted molar refractivity (Wildman–Crippen MR) is 59.3 cm³/mol. The zero-order valence-electron chi connectivity index (χ0n) is 9.89. The van der Waals surface area contributed by atoms with E-state index in [-0.39, 0.29) is 18.6 Å². The van der Waals surface area contributed by atoms with Crippen molar-refractivity contribution in [3.63, 3.8) is 0 Å². The van der Waals surface area contributed by atoms with Crippen molar-refractivity contribution < 1.29 is 19.4 Å². The SMILES string of the molecule is CC1CCC(C(=O)N2CCC(N)(C(=O)O)C2)O1. The first-order chi connectivity index (χ1) is 7.92. The number of carboxylic acid groups (broad SMARTS) is 1. The maximum Gasteiger partial charge on any atom is 0.325 e. The monoisotopic (exact) mass is 242 g/mol. The van der Waals surface area contributed by atoms with E-state index in [1.54, 1.807) is 0 Å².